The summed E-state index contributed by atoms with van der Waals surface area (Å²) in [6, 6.07) is -1.00. The van der Waals surface area contributed by atoms with Crippen LogP contribution in [0.25, 0.3) is 0 Å². The van der Waals surface area contributed by atoms with E-state index in [-0.39, 0.29) is 18.8 Å². The number of hydrogen-bond donors (Lipinski definition) is 3. The third-order valence-electron chi connectivity index (χ3n) is 2.49. The summed E-state index contributed by atoms with van der Waals surface area (Å²) >= 11 is 0. The molecule has 0 aromatic carbocycles. The summed E-state index contributed by atoms with van der Waals surface area (Å²) in [5, 5.41) is 15.8. The Hall–Kier alpha value is -1.51. The van der Waals surface area contributed by atoms with Gasteiger partial charge >= 0.3 is 5.97 Å². The maximum absolute atomic E-state index is 10.9. The van der Waals surface area contributed by atoms with Crippen molar-refractivity contribution in [3.8, 4) is 0 Å². The van der Waals surface area contributed by atoms with Crippen molar-refractivity contribution < 1.29 is 19.4 Å². The first-order chi connectivity index (χ1) is 8.10. The van der Waals surface area contributed by atoms with Crippen molar-refractivity contribution in [1.82, 2.24) is 0 Å². The first-order valence-corrected chi connectivity index (χ1v) is 5.00. The molecule has 0 heterocycles. The molecular weight excluding hydrogens is 228 g/mol. The molecule has 96 valence electrons. The number of nitrogens with zero attached hydrogens (tertiary/aromatic N) is 2. The van der Waals surface area contributed by atoms with Crippen molar-refractivity contribution in [3.05, 3.63) is 11.6 Å². The molecule has 0 aromatic heterocycles. The Morgan fingerprint density at radius 1 is 1.71 bits per heavy atom. The molecule has 5 N–H and O–H groups in total. The number of methoxy groups -OCH3 is 1. The molecule has 0 radical (unpaired) electrons. The van der Waals surface area contributed by atoms with Crippen molar-refractivity contribution in [1.29, 1.82) is 0 Å². The number of carbonyl (C=O) groups is 1. The fourth-order valence-corrected chi connectivity index (χ4v) is 1.63. The summed E-state index contributed by atoms with van der Waals surface area (Å²) in [5.74, 6) is 3.93. The van der Waals surface area contributed by atoms with Gasteiger partial charge in [-0.25, -0.2) is 4.79 Å². The highest BCUT2D eigenvalue weighted by atomic mass is 16.7. The van der Waals surface area contributed by atoms with Gasteiger partial charge in [0.15, 0.2) is 0 Å². The Balaban J connectivity index is 2.84. The van der Waals surface area contributed by atoms with Gasteiger partial charge in [0.05, 0.1) is 18.2 Å². The van der Waals surface area contributed by atoms with Crippen molar-refractivity contribution in [2.75, 3.05) is 13.9 Å². The lowest BCUT2D eigenvalue weighted by atomic mass is 9.89. The van der Waals surface area contributed by atoms with Crippen LogP contribution >= 0.6 is 0 Å². The fourth-order valence-electron chi connectivity index (χ4n) is 1.63. The topological polar surface area (TPSA) is 133 Å². The molecule has 8 heteroatoms. The zero-order chi connectivity index (χ0) is 12.8. The van der Waals surface area contributed by atoms with E-state index in [1.54, 1.807) is 0 Å². The maximum atomic E-state index is 10.9. The summed E-state index contributed by atoms with van der Waals surface area (Å²) in [6.45, 7) is 0.0221. The van der Waals surface area contributed by atoms with Gasteiger partial charge in [-0.05, 0) is 6.08 Å². The first kappa shape index (κ1) is 13.6. The summed E-state index contributed by atoms with van der Waals surface area (Å²) in [6.07, 6.45) is 1.07. The number of hydrogen-bond acceptors (Lipinski definition) is 6. The number of rotatable bonds is 5. The molecule has 0 spiro atoms. The van der Waals surface area contributed by atoms with E-state index in [2.05, 4.69) is 10.3 Å². The Kier molecular flexibility index (Phi) is 5.01. The number of carboxylic acids is 1. The van der Waals surface area contributed by atoms with E-state index in [1.807, 2.05) is 0 Å². The zero-order valence-electron chi connectivity index (χ0n) is 9.44. The quantitative estimate of drug-likeness (QED) is 0.256. The molecule has 1 aliphatic carbocycles. The monoisotopic (exact) mass is 244 g/mol. The van der Waals surface area contributed by atoms with Gasteiger partial charge in [-0.2, -0.15) is 5.11 Å². The molecule has 0 fully saturated rings. The first-order valence-electron chi connectivity index (χ1n) is 5.00. The highest BCUT2D eigenvalue weighted by Crippen LogP contribution is 2.23. The van der Waals surface area contributed by atoms with Gasteiger partial charge in [0, 0.05) is 19.1 Å². The molecule has 3 atom stereocenters. The molecule has 8 nitrogen and oxygen atoms in total. The van der Waals surface area contributed by atoms with Gasteiger partial charge in [-0.1, -0.05) is 5.22 Å². The molecule has 0 amide bonds. The lowest BCUT2D eigenvalue weighted by Crippen LogP contribution is -2.48. The molecule has 0 unspecified atom stereocenters. The summed E-state index contributed by atoms with van der Waals surface area (Å²) < 4.78 is 10.0. The van der Waals surface area contributed by atoms with Crippen LogP contribution in [0.2, 0.25) is 0 Å². The van der Waals surface area contributed by atoms with E-state index < -0.39 is 24.2 Å². The molecular formula is C9H16N4O4. The number of aliphatic carboxylic acids is 1. The molecule has 0 saturated heterocycles. The highest BCUT2D eigenvalue weighted by molar-refractivity contribution is 5.87. The minimum absolute atomic E-state index is 0.0221. The smallest absolute Gasteiger partial charge is 0.331 e. The Bertz CT molecular complexity index is 331. The second-order valence-electron chi connectivity index (χ2n) is 3.61. The second kappa shape index (κ2) is 6.28. The van der Waals surface area contributed by atoms with Crippen molar-refractivity contribution in [2.45, 2.75) is 24.6 Å². The largest absolute Gasteiger partial charge is 0.478 e. The van der Waals surface area contributed by atoms with Gasteiger partial charge in [0.2, 0.25) is 0 Å². The van der Waals surface area contributed by atoms with Crippen molar-refractivity contribution in [3.63, 3.8) is 0 Å². The molecule has 17 heavy (non-hydrogen) atoms. The van der Waals surface area contributed by atoms with E-state index in [0.29, 0.717) is 0 Å². The lowest BCUT2D eigenvalue weighted by molar-refractivity contribution is -0.133. The predicted octanol–water partition coefficient (Wildman–Crippen LogP) is -0.588. The SMILES string of the molecule is COCO[C@@H]1C=C(C(=O)O)C[C@@H](N=NN)[C@@H]1N. The molecule has 0 aliphatic heterocycles. The Morgan fingerprint density at radius 2 is 2.41 bits per heavy atom. The van der Waals surface area contributed by atoms with Gasteiger partial charge in [0.1, 0.15) is 6.79 Å². The molecule has 0 bridgehead atoms. The van der Waals surface area contributed by atoms with Gasteiger partial charge in [0.25, 0.3) is 0 Å². The fraction of sp³-hybridized carbons (Fsp3) is 0.667. The van der Waals surface area contributed by atoms with E-state index in [9.17, 15) is 4.79 Å². The molecule has 1 aliphatic rings. The third kappa shape index (κ3) is 3.48. The van der Waals surface area contributed by atoms with Crippen LogP contribution in [0.3, 0.4) is 0 Å². The maximum Gasteiger partial charge on any atom is 0.331 e. The Labute approximate surface area is 98.2 Å². The van der Waals surface area contributed by atoms with Crippen LogP contribution in [0.15, 0.2) is 22.0 Å². The number of carboxylic acid groups (broad SMARTS) is 1. The van der Waals surface area contributed by atoms with Crippen LogP contribution in [-0.2, 0) is 14.3 Å². The van der Waals surface area contributed by atoms with Gasteiger partial charge < -0.3 is 26.2 Å². The Morgan fingerprint density at radius 3 is 2.94 bits per heavy atom. The van der Waals surface area contributed by atoms with Crippen LogP contribution in [0.4, 0.5) is 0 Å². The van der Waals surface area contributed by atoms with Crippen LogP contribution in [0.5, 0.6) is 0 Å². The zero-order valence-corrected chi connectivity index (χ0v) is 9.44. The lowest BCUT2D eigenvalue weighted by Gasteiger charge is -2.30. The average Bonchev–Trinajstić information content (AvgIpc) is 2.30. The van der Waals surface area contributed by atoms with Gasteiger partial charge in [-0.15, -0.1) is 0 Å². The summed E-state index contributed by atoms with van der Waals surface area (Å²) in [4.78, 5) is 10.9. The van der Waals surface area contributed by atoms with Crippen molar-refractivity contribution in [2.24, 2.45) is 21.9 Å². The summed E-state index contributed by atoms with van der Waals surface area (Å²) in [7, 11) is 1.47. The number of nitrogens with two attached hydrogens (primary N) is 2. The van der Waals surface area contributed by atoms with E-state index in [4.69, 9.17) is 26.2 Å². The molecule has 1 rings (SSSR count). The minimum Gasteiger partial charge on any atom is -0.478 e. The predicted molar refractivity (Wildman–Crippen MR) is 57.9 cm³/mol. The summed E-state index contributed by atoms with van der Waals surface area (Å²) in [5.41, 5.74) is 6.07. The van der Waals surface area contributed by atoms with E-state index in [0.717, 1.165) is 0 Å². The van der Waals surface area contributed by atoms with E-state index in [1.165, 1.54) is 13.2 Å². The van der Waals surface area contributed by atoms with Crippen LogP contribution in [0.1, 0.15) is 6.42 Å². The third-order valence-corrected chi connectivity index (χ3v) is 2.49. The van der Waals surface area contributed by atoms with Crippen LogP contribution < -0.4 is 11.6 Å². The average molecular weight is 244 g/mol. The van der Waals surface area contributed by atoms with Crippen LogP contribution in [-0.4, -0.2) is 43.2 Å². The van der Waals surface area contributed by atoms with E-state index >= 15 is 0 Å². The second-order valence-corrected chi connectivity index (χ2v) is 3.61. The van der Waals surface area contributed by atoms with Crippen LogP contribution in [0, 0.1) is 0 Å². The molecule has 0 saturated carbocycles. The van der Waals surface area contributed by atoms with Crippen molar-refractivity contribution >= 4 is 5.97 Å². The highest BCUT2D eigenvalue weighted by Gasteiger charge is 2.33. The number of ether oxygens (including phenoxy) is 2. The standard InChI is InChI=1S/C9H16N4O4/c1-16-4-17-7-3-5(9(14)15)2-6(8(7)10)12-13-11/h3,6-8H,2,4,10H2,1H3,(H2,11,12)(H,14,15)/t6-,7-,8+/m1/s1. The van der Waals surface area contributed by atoms with Gasteiger partial charge in [-0.3, -0.25) is 0 Å². The minimum atomic E-state index is -1.03. The molecule has 0 aromatic rings. The normalized spacial score (nSPS) is 29.3.